The smallest absolute Gasteiger partial charge is 0.261 e. The molecule has 0 amide bonds. The highest BCUT2D eigenvalue weighted by Crippen LogP contribution is 2.25. The molecule has 6 heteroatoms. The number of benzene rings is 2. The minimum atomic E-state index is -0.182. The number of halogens is 3. The SMILES string of the molecule is O=c1c2cc(Cl)ccc2ncn1Cc1c(Cl)cccc1Cl. The lowest BCUT2D eigenvalue weighted by Gasteiger charge is -2.10. The molecule has 1 heterocycles. The first-order chi connectivity index (χ1) is 10.1. The Hall–Kier alpha value is -1.55. The Kier molecular flexibility index (Phi) is 3.89. The molecular formula is C15H9Cl3N2O. The van der Waals surface area contributed by atoms with Crippen molar-refractivity contribution < 1.29 is 0 Å². The first-order valence-corrected chi connectivity index (χ1v) is 7.27. The number of rotatable bonds is 2. The fourth-order valence-corrected chi connectivity index (χ4v) is 2.79. The molecule has 0 N–H and O–H groups in total. The van der Waals surface area contributed by atoms with Gasteiger partial charge in [0.15, 0.2) is 0 Å². The Morgan fingerprint density at radius 2 is 1.76 bits per heavy atom. The highest BCUT2D eigenvalue weighted by Gasteiger charge is 2.10. The second kappa shape index (κ2) is 5.68. The van der Waals surface area contributed by atoms with E-state index in [4.69, 9.17) is 34.8 Å². The lowest BCUT2D eigenvalue weighted by Crippen LogP contribution is -2.21. The Morgan fingerprint density at radius 1 is 1.05 bits per heavy atom. The molecule has 0 aliphatic rings. The number of fused-ring (bicyclic) bond motifs is 1. The fourth-order valence-electron chi connectivity index (χ4n) is 2.10. The maximum atomic E-state index is 12.5. The summed E-state index contributed by atoms with van der Waals surface area (Å²) in [6.45, 7) is 0.257. The van der Waals surface area contributed by atoms with Crippen molar-refractivity contribution in [3.8, 4) is 0 Å². The van der Waals surface area contributed by atoms with Gasteiger partial charge in [0.25, 0.3) is 5.56 Å². The van der Waals surface area contributed by atoms with Crippen LogP contribution < -0.4 is 5.56 Å². The topological polar surface area (TPSA) is 34.9 Å². The van der Waals surface area contributed by atoms with Crippen molar-refractivity contribution in [2.45, 2.75) is 6.54 Å². The van der Waals surface area contributed by atoms with Gasteiger partial charge in [0.05, 0.1) is 23.8 Å². The van der Waals surface area contributed by atoms with E-state index in [2.05, 4.69) is 4.98 Å². The van der Waals surface area contributed by atoms with Crippen LogP contribution in [0.4, 0.5) is 0 Å². The van der Waals surface area contributed by atoms with Crippen LogP contribution in [-0.4, -0.2) is 9.55 Å². The van der Waals surface area contributed by atoms with Gasteiger partial charge in [0, 0.05) is 20.6 Å². The van der Waals surface area contributed by atoms with E-state index in [-0.39, 0.29) is 12.1 Å². The third-order valence-electron chi connectivity index (χ3n) is 3.18. The summed E-state index contributed by atoms with van der Waals surface area (Å²) in [6, 6.07) is 10.3. The van der Waals surface area contributed by atoms with Crippen molar-refractivity contribution in [2.24, 2.45) is 0 Å². The monoisotopic (exact) mass is 338 g/mol. The molecule has 2 aromatic carbocycles. The van der Waals surface area contributed by atoms with Crippen LogP contribution in [0.5, 0.6) is 0 Å². The molecule has 0 unspecified atom stereocenters. The molecule has 3 rings (SSSR count). The van der Waals surface area contributed by atoms with E-state index in [1.807, 2.05) is 0 Å². The molecule has 0 aliphatic carbocycles. The Balaban J connectivity index is 2.14. The summed E-state index contributed by atoms with van der Waals surface area (Å²) in [5.41, 5.74) is 1.11. The second-order valence-electron chi connectivity index (χ2n) is 4.54. The zero-order chi connectivity index (χ0) is 15.0. The first kappa shape index (κ1) is 14.4. The molecule has 3 nitrogen and oxygen atoms in total. The van der Waals surface area contributed by atoms with Crippen molar-refractivity contribution in [2.75, 3.05) is 0 Å². The number of nitrogens with zero attached hydrogens (tertiary/aromatic N) is 2. The van der Waals surface area contributed by atoms with Gasteiger partial charge >= 0.3 is 0 Å². The fraction of sp³-hybridized carbons (Fsp3) is 0.0667. The van der Waals surface area contributed by atoms with Gasteiger partial charge in [-0.15, -0.1) is 0 Å². The van der Waals surface area contributed by atoms with Gasteiger partial charge in [-0.05, 0) is 30.3 Å². The van der Waals surface area contributed by atoms with Crippen LogP contribution >= 0.6 is 34.8 Å². The summed E-state index contributed by atoms with van der Waals surface area (Å²) >= 11 is 18.2. The van der Waals surface area contributed by atoms with Gasteiger partial charge in [-0.25, -0.2) is 4.98 Å². The van der Waals surface area contributed by atoms with E-state index in [0.29, 0.717) is 31.5 Å². The molecule has 1 aromatic heterocycles. The maximum absolute atomic E-state index is 12.5. The molecule has 0 saturated heterocycles. The van der Waals surface area contributed by atoms with Gasteiger partial charge in [-0.2, -0.15) is 0 Å². The van der Waals surface area contributed by atoms with Gasteiger partial charge in [0.1, 0.15) is 0 Å². The molecule has 0 spiro atoms. The summed E-state index contributed by atoms with van der Waals surface area (Å²) in [5, 5.41) is 1.99. The molecule has 0 bridgehead atoms. The molecule has 0 aliphatic heterocycles. The van der Waals surface area contributed by atoms with Crippen molar-refractivity contribution in [1.82, 2.24) is 9.55 Å². The van der Waals surface area contributed by atoms with Crippen LogP contribution in [0.15, 0.2) is 47.5 Å². The minimum absolute atomic E-state index is 0.182. The first-order valence-electron chi connectivity index (χ1n) is 6.14. The van der Waals surface area contributed by atoms with Gasteiger partial charge in [0.2, 0.25) is 0 Å². The standard InChI is InChI=1S/C15H9Cl3N2O/c16-9-4-5-14-10(6-9)15(21)20(8-19-14)7-11-12(17)2-1-3-13(11)18/h1-6,8H,7H2. The zero-order valence-electron chi connectivity index (χ0n) is 10.7. The molecule has 106 valence electrons. The van der Waals surface area contributed by atoms with Crippen LogP contribution in [0, 0.1) is 0 Å². The van der Waals surface area contributed by atoms with Crippen molar-refractivity contribution >= 4 is 45.7 Å². The van der Waals surface area contributed by atoms with E-state index < -0.39 is 0 Å². The lowest BCUT2D eigenvalue weighted by atomic mass is 10.2. The molecule has 0 atom stereocenters. The predicted molar refractivity (Wildman–Crippen MR) is 86.6 cm³/mol. The molecule has 0 fully saturated rings. The number of aromatic nitrogens is 2. The number of hydrogen-bond donors (Lipinski definition) is 0. The summed E-state index contributed by atoms with van der Waals surface area (Å²) in [7, 11) is 0. The van der Waals surface area contributed by atoms with E-state index in [9.17, 15) is 4.79 Å². The van der Waals surface area contributed by atoms with Crippen LogP contribution in [0.1, 0.15) is 5.56 Å². The van der Waals surface area contributed by atoms with Crippen molar-refractivity contribution in [3.05, 3.63) is 73.7 Å². The van der Waals surface area contributed by atoms with E-state index in [1.165, 1.54) is 10.9 Å². The molecule has 21 heavy (non-hydrogen) atoms. The van der Waals surface area contributed by atoms with E-state index in [1.54, 1.807) is 36.4 Å². The van der Waals surface area contributed by atoms with E-state index in [0.717, 1.165) is 0 Å². The maximum Gasteiger partial charge on any atom is 0.261 e. The predicted octanol–water partition coefficient (Wildman–Crippen LogP) is 4.41. The van der Waals surface area contributed by atoms with E-state index >= 15 is 0 Å². The van der Waals surface area contributed by atoms with Crippen LogP contribution in [0.2, 0.25) is 15.1 Å². The molecule has 3 aromatic rings. The van der Waals surface area contributed by atoms with Crippen LogP contribution in [-0.2, 0) is 6.54 Å². The summed E-state index contributed by atoms with van der Waals surface area (Å²) in [6.07, 6.45) is 1.48. The van der Waals surface area contributed by atoms with Gasteiger partial charge in [-0.1, -0.05) is 40.9 Å². The van der Waals surface area contributed by atoms with Gasteiger partial charge < -0.3 is 0 Å². The second-order valence-corrected chi connectivity index (χ2v) is 5.79. The lowest BCUT2D eigenvalue weighted by molar-refractivity contribution is 0.748. The van der Waals surface area contributed by atoms with Crippen molar-refractivity contribution in [3.63, 3.8) is 0 Å². The minimum Gasteiger partial charge on any atom is -0.294 e. The molecule has 0 radical (unpaired) electrons. The normalized spacial score (nSPS) is 11.0. The third-order valence-corrected chi connectivity index (χ3v) is 4.12. The summed E-state index contributed by atoms with van der Waals surface area (Å²) in [4.78, 5) is 16.7. The van der Waals surface area contributed by atoms with Crippen LogP contribution in [0.3, 0.4) is 0 Å². The van der Waals surface area contributed by atoms with Crippen LogP contribution in [0.25, 0.3) is 10.9 Å². The molecule has 0 saturated carbocycles. The highest BCUT2D eigenvalue weighted by atomic mass is 35.5. The summed E-state index contributed by atoms with van der Waals surface area (Å²) in [5.74, 6) is 0. The van der Waals surface area contributed by atoms with Crippen molar-refractivity contribution in [1.29, 1.82) is 0 Å². The largest absolute Gasteiger partial charge is 0.294 e. The summed E-state index contributed by atoms with van der Waals surface area (Å²) < 4.78 is 1.46. The average Bonchev–Trinajstić information content (AvgIpc) is 2.46. The highest BCUT2D eigenvalue weighted by molar-refractivity contribution is 6.36. The zero-order valence-corrected chi connectivity index (χ0v) is 13.0. The Morgan fingerprint density at radius 3 is 2.48 bits per heavy atom. The number of hydrogen-bond acceptors (Lipinski definition) is 2. The Bertz CT molecular complexity index is 869. The third kappa shape index (κ3) is 2.77. The Labute approximate surface area is 135 Å². The average molecular weight is 340 g/mol. The quantitative estimate of drug-likeness (QED) is 0.693. The molecular weight excluding hydrogens is 331 g/mol. The van der Waals surface area contributed by atoms with Gasteiger partial charge in [-0.3, -0.25) is 9.36 Å².